The van der Waals surface area contributed by atoms with Crippen molar-refractivity contribution in [3.8, 4) is 11.5 Å². The number of rotatable bonds is 5. The molecule has 0 saturated heterocycles. The van der Waals surface area contributed by atoms with Gasteiger partial charge in [-0.3, -0.25) is 4.79 Å². The summed E-state index contributed by atoms with van der Waals surface area (Å²) in [5, 5.41) is 2.73. The third kappa shape index (κ3) is 4.36. The van der Waals surface area contributed by atoms with Crippen LogP contribution < -0.4 is 14.8 Å². The predicted molar refractivity (Wildman–Crippen MR) is 78.5 cm³/mol. The second-order valence-corrected chi connectivity index (χ2v) is 4.57. The largest absolute Gasteiger partial charge is 0.497 e. The molecule has 0 saturated carbocycles. The van der Waals surface area contributed by atoms with Crippen LogP contribution in [0, 0.1) is 5.82 Å². The smallest absolute Gasteiger partial charge is 0.262 e. The monoisotopic (exact) mass is 309 g/mol. The minimum Gasteiger partial charge on any atom is -0.497 e. The molecule has 0 aliphatic carbocycles. The van der Waals surface area contributed by atoms with Gasteiger partial charge in [-0.1, -0.05) is 11.6 Å². The Morgan fingerprint density at radius 2 is 1.86 bits per heavy atom. The maximum absolute atomic E-state index is 13.4. The number of methoxy groups -OCH3 is 1. The van der Waals surface area contributed by atoms with Gasteiger partial charge in [0.1, 0.15) is 17.3 Å². The van der Waals surface area contributed by atoms with E-state index in [9.17, 15) is 9.18 Å². The van der Waals surface area contributed by atoms with E-state index in [0.29, 0.717) is 16.5 Å². The first-order valence-corrected chi connectivity index (χ1v) is 6.48. The van der Waals surface area contributed by atoms with Crippen molar-refractivity contribution in [2.24, 2.45) is 0 Å². The fourth-order valence-corrected chi connectivity index (χ4v) is 1.77. The van der Waals surface area contributed by atoms with Gasteiger partial charge in [-0.15, -0.1) is 0 Å². The van der Waals surface area contributed by atoms with Gasteiger partial charge in [0.15, 0.2) is 6.61 Å². The lowest BCUT2D eigenvalue weighted by molar-refractivity contribution is -0.118. The van der Waals surface area contributed by atoms with E-state index in [4.69, 9.17) is 21.1 Å². The molecule has 0 spiro atoms. The van der Waals surface area contributed by atoms with Crippen molar-refractivity contribution in [3.05, 3.63) is 53.3 Å². The average molecular weight is 310 g/mol. The number of carbonyl (C=O) groups is 1. The Morgan fingerprint density at radius 3 is 2.52 bits per heavy atom. The number of hydrogen-bond donors (Lipinski definition) is 1. The molecule has 2 aromatic carbocycles. The Morgan fingerprint density at radius 1 is 1.19 bits per heavy atom. The Labute approximate surface area is 126 Å². The molecule has 0 heterocycles. The van der Waals surface area contributed by atoms with Crippen molar-refractivity contribution in [2.45, 2.75) is 0 Å². The second kappa shape index (κ2) is 6.95. The van der Waals surface area contributed by atoms with E-state index in [1.165, 1.54) is 18.2 Å². The zero-order valence-electron chi connectivity index (χ0n) is 11.2. The van der Waals surface area contributed by atoms with Crippen molar-refractivity contribution >= 4 is 23.2 Å². The van der Waals surface area contributed by atoms with Crippen LogP contribution in [0.5, 0.6) is 11.5 Å². The van der Waals surface area contributed by atoms with Crippen LogP contribution in [0.3, 0.4) is 0 Å². The topological polar surface area (TPSA) is 47.6 Å². The first-order chi connectivity index (χ1) is 10.1. The maximum Gasteiger partial charge on any atom is 0.262 e. The molecule has 0 bridgehead atoms. The molecule has 2 aromatic rings. The van der Waals surface area contributed by atoms with Gasteiger partial charge in [0.25, 0.3) is 5.91 Å². The number of hydrogen-bond acceptors (Lipinski definition) is 3. The van der Waals surface area contributed by atoms with E-state index in [0.717, 1.165) is 0 Å². The summed E-state index contributed by atoms with van der Waals surface area (Å²) in [4.78, 5) is 11.7. The van der Waals surface area contributed by atoms with E-state index < -0.39 is 11.7 Å². The van der Waals surface area contributed by atoms with Crippen LogP contribution >= 0.6 is 11.6 Å². The molecular formula is C15H13ClFNO3. The standard InChI is InChI=1S/C15H13ClFNO3/c1-20-11-3-5-12(6-4-11)21-9-15(19)18-14-8-10(16)2-7-13(14)17/h2-8H,9H2,1H3,(H,18,19). The normalized spacial score (nSPS) is 10.0. The highest BCUT2D eigenvalue weighted by atomic mass is 35.5. The number of amides is 1. The fraction of sp³-hybridized carbons (Fsp3) is 0.133. The summed E-state index contributed by atoms with van der Waals surface area (Å²) < 4.78 is 23.7. The minimum absolute atomic E-state index is 0.0193. The molecule has 0 atom stereocenters. The molecule has 1 N–H and O–H groups in total. The highest BCUT2D eigenvalue weighted by Crippen LogP contribution is 2.20. The molecular weight excluding hydrogens is 297 g/mol. The SMILES string of the molecule is COc1ccc(OCC(=O)Nc2cc(Cl)ccc2F)cc1. The van der Waals surface area contributed by atoms with Gasteiger partial charge in [-0.2, -0.15) is 0 Å². The van der Waals surface area contributed by atoms with Gasteiger partial charge in [-0.25, -0.2) is 4.39 Å². The third-order valence-electron chi connectivity index (χ3n) is 2.63. The van der Waals surface area contributed by atoms with E-state index in [2.05, 4.69) is 5.32 Å². The van der Waals surface area contributed by atoms with Crippen molar-refractivity contribution < 1.29 is 18.7 Å². The summed E-state index contributed by atoms with van der Waals surface area (Å²) in [5.74, 6) is 0.162. The number of nitrogens with one attached hydrogen (secondary N) is 1. The third-order valence-corrected chi connectivity index (χ3v) is 2.87. The number of anilines is 1. The van der Waals surface area contributed by atoms with Crippen LogP contribution in [0.2, 0.25) is 5.02 Å². The molecule has 110 valence electrons. The van der Waals surface area contributed by atoms with Gasteiger partial charge >= 0.3 is 0 Å². The van der Waals surface area contributed by atoms with Gasteiger partial charge in [0.05, 0.1) is 12.8 Å². The number of carbonyl (C=O) groups excluding carboxylic acids is 1. The summed E-state index contributed by atoms with van der Waals surface area (Å²) in [5.41, 5.74) is 0.0193. The molecule has 0 aliphatic heterocycles. The molecule has 0 fully saturated rings. The number of halogens is 2. The summed E-state index contributed by atoms with van der Waals surface area (Å²) in [7, 11) is 1.56. The highest BCUT2D eigenvalue weighted by Gasteiger charge is 2.08. The summed E-state index contributed by atoms with van der Waals surface area (Å²) in [6, 6.07) is 10.7. The minimum atomic E-state index is -0.558. The number of ether oxygens (including phenoxy) is 2. The van der Waals surface area contributed by atoms with Gasteiger partial charge in [0.2, 0.25) is 0 Å². The van der Waals surface area contributed by atoms with E-state index >= 15 is 0 Å². The Bertz CT molecular complexity index is 631. The van der Waals surface area contributed by atoms with Crippen LogP contribution in [0.25, 0.3) is 0 Å². The van der Waals surface area contributed by atoms with Crippen LogP contribution in [0.4, 0.5) is 10.1 Å². The molecule has 0 aliphatic rings. The number of benzene rings is 2. The fourth-order valence-electron chi connectivity index (χ4n) is 1.60. The van der Waals surface area contributed by atoms with Gasteiger partial charge in [0, 0.05) is 5.02 Å². The Balaban J connectivity index is 1.91. The molecule has 0 aromatic heterocycles. The summed E-state index contributed by atoms with van der Waals surface area (Å²) in [6.45, 7) is -0.238. The van der Waals surface area contributed by atoms with E-state index in [-0.39, 0.29) is 12.3 Å². The van der Waals surface area contributed by atoms with E-state index in [1.807, 2.05) is 0 Å². The first kappa shape index (κ1) is 15.1. The first-order valence-electron chi connectivity index (χ1n) is 6.10. The summed E-state index contributed by atoms with van der Waals surface area (Å²) >= 11 is 5.74. The molecule has 6 heteroatoms. The Kier molecular flexibility index (Phi) is 5.00. The molecule has 0 unspecified atom stereocenters. The molecule has 2 rings (SSSR count). The second-order valence-electron chi connectivity index (χ2n) is 4.14. The zero-order valence-corrected chi connectivity index (χ0v) is 12.0. The molecule has 21 heavy (non-hydrogen) atoms. The van der Waals surface area contributed by atoms with Crippen molar-refractivity contribution in [2.75, 3.05) is 19.0 Å². The van der Waals surface area contributed by atoms with Crippen molar-refractivity contribution in [1.82, 2.24) is 0 Å². The molecule has 4 nitrogen and oxygen atoms in total. The average Bonchev–Trinajstić information content (AvgIpc) is 2.49. The lowest BCUT2D eigenvalue weighted by atomic mass is 10.3. The van der Waals surface area contributed by atoms with Crippen molar-refractivity contribution in [1.29, 1.82) is 0 Å². The highest BCUT2D eigenvalue weighted by molar-refractivity contribution is 6.30. The van der Waals surface area contributed by atoms with Crippen LogP contribution in [0.1, 0.15) is 0 Å². The quantitative estimate of drug-likeness (QED) is 0.919. The Hall–Kier alpha value is -2.27. The van der Waals surface area contributed by atoms with Gasteiger partial charge < -0.3 is 14.8 Å². The van der Waals surface area contributed by atoms with Crippen LogP contribution in [0.15, 0.2) is 42.5 Å². The molecule has 0 radical (unpaired) electrons. The molecule has 1 amide bonds. The van der Waals surface area contributed by atoms with E-state index in [1.54, 1.807) is 31.4 Å². The van der Waals surface area contributed by atoms with Gasteiger partial charge in [-0.05, 0) is 42.5 Å². The predicted octanol–water partition coefficient (Wildman–Crippen LogP) is 3.51. The lowest BCUT2D eigenvalue weighted by Gasteiger charge is -2.09. The summed E-state index contributed by atoms with van der Waals surface area (Å²) in [6.07, 6.45) is 0. The lowest BCUT2D eigenvalue weighted by Crippen LogP contribution is -2.20. The zero-order chi connectivity index (χ0) is 15.2. The van der Waals surface area contributed by atoms with Crippen molar-refractivity contribution in [3.63, 3.8) is 0 Å². The van der Waals surface area contributed by atoms with Crippen LogP contribution in [-0.2, 0) is 4.79 Å². The van der Waals surface area contributed by atoms with Crippen LogP contribution in [-0.4, -0.2) is 19.6 Å². The maximum atomic E-state index is 13.4.